The molecule has 5 nitrogen and oxygen atoms in total. The Morgan fingerprint density at radius 3 is 2.53 bits per heavy atom. The summed E-state index contributed by atoms with van der Waals surface area (Å²) in [5.41, 5.74) is -0.969. The highest BCUT2D eigenvalue weighted by Gasteiger charge is 2.42. The fourth-order valence-electron chi connectivity index (χ4n) is 1.90. The van der Waals surface area contributed by atoms with Crippen LogP contribution in [0.1, 0.15) is 26.2 Å². The van der Waals surface area contributed by atoms with Crippen LogP contribution in [0.3, 0.4) is 0 Å². The van der Waals surface area contributed by atoms with Gasteiger partial charge in [0, 0.05) is 26.1 Å². The lowest BCUT2D eigenvalue weighted by molar-refractivity contribution is -0.147. The molecule has 1 aliphatic heterocycles. The molecule has 0 spiro atoms. The molecule has 8 heteroatoms. The lowest BCUT2D eigenvalue weighted by atomic mass is 9.90. The van der Waals surface area contributed by atoms with E-state index in [9.17, 15) is 22.8 Å². The molecule has 0 aromatic rings. The number of hydrogen-bond donors (Lipinski definition) is 2. The normalized spacial score (nSPS) is 23.5. The summed E-state index contributed by atoms with van der Waals surface area (Å²) in [6.45, 7) is 1.85. The van der Waals surface area contributed by atoms with E-state index in [-0.39, 0.29) is 19.5 Å². The maximum atomic E-state index is 11.9. The molecule has 0 saturated carbocycles. The first kappa shape index (κ1) is 15.6. The molecular formula is C11H17F3N2O3. The van der Waals surface area contributed by atoms with Crippen molar-refractivity contribution in [1.82, 2.24) is 10.2 Å². The second-order valence-corrected chi connectivity index (χ2v) is 4.99. The molecule has 0 radical (unpaired) electrons. The second-order valence-electron chi connectivity index (χ2n) is 4.99. The SMILES string of the molecule is CC1(C(=O)O)CCN(C(=O)NCCCC(F)(F)F)C1. The van der Waals surface area contributed by atoms with E-state index in [1.54, 1.807) is 6.92 Å². The molecule has 0 bridgehead atoms. The van der Waals surface area contributed by atoms with Crippen molar-refractivity contribution in [2.75, 3.05) is 19.6 Å². The number of carbonyl (C=O) groups is 2. The lowest BCUT2D eigenvalue weighted by Crippen LogP contribution is -2.41. The van der Waals surface area contributed by atoms with Gasteiger partial charge in [-0.25, -0.2) is 4.79 Å². The number of carboxylic acid groups (broad SMARTS) is 1. The minimum atomic E-state index is -4.22. The van der Waals surface area contributed by atoms with Crippen molar-refractivity contribution in [3.8, 4) is 0 Å². The Balaban J connectivity index is 2.31. The molecule has 2 N–H and O–H groups in total. The largest absolute Gasteiger partial charge is 0.481 e. The van der Waals surface area contributed by atoms with Crippen LogP contribution in [-0.2, 0) is 4.79 Å². The highest BCUT2D eigenvalue weighted by molar-refractivity contribution is 5.79. The minimum Gasteiger partial charge on any atom is -0.481 e. The summed E-state index contributed by atoms with van der Waals surface area (Å²) in [5.74, 6) is -0.972. The van der Waals surface area contributed by atoms with Gasteiger partial charge in [0.2, 0.25) is 0 Å². The Hall–Kier alpha value is -1.47. The summed E-state index contributed by atoms with van der Waals surface area (Å²) in [5, 5.41) is 11.4. The molecule has 0 aromatic heterocycles. The standard InChI is InChI=1S/C11H17F3N2O3/c1-10(8(17)18)4-6-16(7-10)9(19)15-5-2-3-11(12,13)14/h2-7H2,1H3,(H,15,19)(H,17,18). The van der Waals surface area contributed by atoms with Crippen LogP contribution in [-0.4, -0.2) is 47.8 Å². The first-order chi connectivity index (χ1) is 8.64. The zero-order valence-electron chi connectivity index (χ0n) is 10.6. The van der Waals surface area contributed by atoms with Crippen molar-refractivity contribution in [3.05, 3.63) is 0 Å². The third kappa shape index (κ3) is 4.60. The van der Waals surface area contributed by atoms with E-state index < -0.39 is 30.0 Å². The summed E-state index contributed by atoms with van der Waals surface area (Å²) in [6.07, 6.45) is -5.00. The first-order valence-electron chi connectivity index (χ1n) is 5.97. The third-order valence-corrected chi connectivity index (χ3v) is 3.19. The Bertz CT molecular complexity index is 360. The average Bonchev–Trinajstić information content (AvgIpc) is 2.67. The van der Waals surface area contributed by atoms with E-state index >= 15 is 0 Å². The van der Waals surface area contributed by atoms with Gasteiger partial charge in [-0.2, -0.15) is 13.2 Å². The lowest BCUT2D eigenvalue weighted by Gasteiger charge is -2.20. The minimum absolute atomic E-state index is 0.0708. The fraction of sp³-hybridized carbons (Fsp3) is 0.818. The molecule has 1 heterocycles. The van der Waals surface area contributed by atoms with Gasteiger partial charge in [0.05, 0.1) is 5.41 Å². The number of alkyl halides is 3. The van der Waals surface area contributed by atoms with Crippen LogP contribution in [0.5, 0.6) is 0 Å². The zero-order valence-corrected chi connectivity index (χ0v) is 10.6. The molecule has 1 atom stereocenters. The summed E-state index contributed by atoms with van der Waals surface area (Å²) in [4.78, 5) is 23.9. The van der Waals surface area contributed by atoms with E-state index in [4.69, 9.17) is 5.11 Å². The predicted octanol–water partition coefficient (Wildman–Crippen LogP) is 1.84. The van der Waals surface area contributed by atoms with Gasteiger partial charge in [0.1, 0.15) is 0 Å². The van der Waals surface area contributed by atoms with Crippen molar-refractivity contribution in [2.45, 2.75) is 32.4 Å². The van der Waals surface area contributed by atoms with E-state index in [2.05, 4.69) is 5.32 Å². The number of halogens is 3. The van der Waals surface area contributed by atoms with Crippen molar-refractivity contribution in [3.63, 3.8) is 0 Å². The van der Waals surface area contributed by atoms with Crippen LogP contribution >= 0.6 is 0 Å². The number of aliphatic carboxylic acids is 1. The van der Waals surface area contributed by atoms with Gasteiger partial charge in [-0.05, 0) is 19.8 Å². The number of hydrogen-bond acceptors (Lipinski definition) is 2. The molecule has 0 aliphatic carbocycles. The van der Waals surface area contributed by atoms with E-state index in [0.29, 0.717) is 13.0 Å². The maximum absolute atomic E-state index is 11.9. The summed E-state index contributed by atoms with van der Waals surface area (Å²) >= 11 is 0. The van der Waals surface area contributed by atoms with Crippen LogP contribution in [0, 0.1) is 5.41 Å². The number of nitrogens with one attached hydrogen (secondary N) is 1. The average molecular weight is 282 g/mol. The van der Waals surface area contributed by atoms with E-state index in [1.807, 2.05) is 0 Å². The number of urea groups is 1. The van der Waals surface area contributed by atoms with Gasteiger partial charge in [-0.15, -0.1) is 0 Å². The number of likely N-dealkylation sites (tertiary alicyclic amines) is 1. The van der Waals surface area contributed by atoms with Crippen molar-refractivity contribution in [1.29, 1.82) is 0 Å². The summed E-state index contributed by atoms with van der Waals surface area (Å²) in [7, 11) is 0. The molecule has 110 valence electrons. The fourth-order valence-corrected chi connectivity index (χ4v) is 1.90. The zero-order chi connectivity index (χ0) is 14.7. The van der Waals surface area contributed by atoms with Gasteiger partial charge in [-0.3, -0.25) is 4.79 Å². The Labute approximate surface area is 108 Å². The van der Waals surface area contributed by atoms with Gasteiger partial charge < -0.3 is 15.3 Å². The van der Waals surface area contributed by atoms with E-state index in [1.165, 1.54) is 4.90 Å². The van der Waals surface area contributed by atoms with Crippen LogP contribution in [0.4, 0.5) is 18.0 Å². The number of carbonyl (C=O) groups excluding carboxylic acids is 1. The first-order valence-corrected chi connectivity index (χ1v) is 5.97. The maximum Gasteiger partial charge on any atom is 0.389 e. The van der Waals surface area contributed by atoms with Crippen LogP contribution in [0.15, 0.2) is 0 Å². The van der Waals surface area contributed by atoms with Crippen LogP contribution in [0.2, 0.25) is 0 Å². The number of nitrogens with zero attached hydrogens (tertiary/aromatic N) is 1. The molecule has 2 amide bonds. The third-order valence-electron chi connectivity index (χ3n) is 3.19. The molecule has 19 heavy (non-hydrogen) atoms. The molecular weight excluding hydrogens is 265 g/mol. The molecule has 0 aromatic carbocycles. The Morgan fingerprint density at radius 1 is 1.42 bits per heavy atom. The molecule has 1 fully saturated rings. The van der Waals surface area contributed by atoms with Gasteiger partial charge >= 0.3 is 18.2 Å². The monoisotopic (exact) mass is 282 g/mol. The van der Waals surface area contributed by atoms with Gasteiger partial charge in [0.25, 0.3) is 0 Å². The highest BCUT2D eigenvalue weighted by Crippen LogP contribution is 2.30. The van der Waals surface area contributed by atoms with Gasteiger partial charge in [-0.1, -0.05) is 0 Å². The highest BCUT2D eigenvalue weighted by atomic mass is 19.4. The smallest absolute Gasteiger partial charge is 0.389 e. The summed E-state index contributed by atoms with van der Waals surface area (Å²) < 4.78 is 35.6. The summed E-state index contributed by atoms with van der Waals surface area (Å²) in [6, 6.07) is -0.507. The number of carboxylic acids is 1. The van der Waals surface area contributed by atoms with Crippen LogP contribution in [0.25, 0.3) is 0 Å². The quantitative estimate of drug-likeness (QED) is 0.773. The van der Waals surface area contributed by atoms with Crippen molar-refractivity contribution < 1.29 is 27.9 Å². The molecule has 1 rings (SSSR count). The second kappa shape index (κ2) is 5.66. The number of amides is 2. The Kier molecular flexibility index (Phi) is 4.65. The van der Waals surface area contributed by atoms with E-state index in [0.717, 1.165) is 0 Å². The van der Waals surface area contributed by atoms with Gasteiger partial charge in [0.15, 0.2) is 0 Å². The van der Waals surface area contributed by atoms with Crippen molar-refractivity contribution >= 4 is 12.0 Å². The molecule has 1 aliphatic rings. The van der Waals surface area contributed by atoms with Crippen molar-refractivity contribution in [2.24, 2.45) is 5.41 Å². The Morgan fingerprint density at radius 2 is 2.05 bits per heavy atom. The van der Waals surface area contributed by atoms with Crippen LogP contribution < -0.4 is 5.32 Å². The predicted molar refractivity (Wildman–Crippen MR) is 60.6 cm³/mol. The number of rotatable bonds is 4. The topological polar surface area (TPSA) is 69.6 Å². The molecule has 1 unspecified atom stereocenters. The molecule has 1 saturated heterocycles.